The van der Waals surface area contributed by atoms with E-state index >= 15 is 0 Å². The van der Waals surface area contributed by atoms with Gasteiger partial charge in [0.25, 0.3) is 0 Å². The van der Waals surface area contributed by atoms with E-state index in [2.05, 4.69) is 31.6 Å². The Kier molecular flexibility index (Phi) is 3.30. The predicted octanol–water partition coefficient (Wildman–Crippen LogP) is 2.80. The van der Waals surface area contributed by atoms with E-state index in [1.807, 2.05) is 17.8 Å². The van der Waals surface area contributed by atoms with E-state index in [1.54, 1.807) is 0 Å². The monoisotopic (exact) mass is 218 g/mol. The minimum absolute atomic E-state index is 0.158. The molecule has 0 amide bonds. The molecule has 0 bridgehead atoms. The lowest BCUT2D eigenvalue weighted by atomic mass is 9.97. The molecule has 0 aliphatic carbocycles. The molecule has 1 aromatic heterocycles. The number of rotatable bonds is 3. The zero-order valence-corrected chi connectivity index (χ0v) is 9.86. The summed E-state index contributed by atoms with van der Waals surface area (Å²) < 4.78 is 1.88. The molecule has 0 atom stereocenters. The maximum atomic E-state index is 5.90. The van der Waals surface area contributed by atoms with Gasteiger partial charge >= 0.3 is 0 Å². The first-order chi connectivity index (χ1) is 5.94. The Morgan fingerprint density at radius 3 is 2.62 bits per heavy atom. The third kappa shape index (κ3) is 2.92. The van der Waals surface area contributed by atoms with Crippen molar-refractivity contribution >= 4 is 24.2 Å². The SMILES string of the molecule is Cc1nn(CC(C)(C)CS)cc1Cl. The van der Waals surface area contributed by atoms with Crippen LogP contribution < -0.4 is 0 Å². The molecular formula is C9H15ClN2S. The summed E-state index contributed by atoms with van der Waals surface area (Å²) in [7, 11) is 0. The highest BCUT2D eigenvalue weighted by Gasteiger charge is 2.17. The molecule has 0 aromatic carbocycles. The molecule has 0 unspecified atom stereocenters. The molecule has 0 saturated heterocycles. The largest absolute Gasteiger partial charge is 0.270 e. The normalized spacial score (nSPS) is 12.1. The molecule has 0 spiro atoms. The second kappa shape index (κ2) is 3.93. The van der Waals surface area contributed by atoms with Gasteiger partial charge in [0, 0.05) is 12.7 Å². The third-order valence-corrected chi connectivity index (χ3v) is 3.13. The second-order valence-electron chi connectivity index (χ2n) is 4.08. The van der Waals surface area contributed by atoms with E-state index in [0.717, 1.165) is 23.0 Å². The first kappa shape index (κ1) is 10.9. The van der Waals surface area contributed by atoms with E-state index < -0.39 is 0 Å². The van der Waals surface area contributed by atoms with Crippen LogP contribution in [0, 0.1) is 12.3 Å². The standard InChI is InChI=1S/C9H15ClN2S/c1-7-8(10)4-12(11-7)5-9(2,3)6-13/h4,13H,5-6H2,1-3H3. The second-order valence-corrected chi connectivity index (χ2v) is 4.81. The molecule has 0 fully saturated rings. The summed E-state index contributed by atoms with van der Waals surface area (Å²) in [5.74, 6) is 0.837. The highest BCUT2D eigenvalue weighted by molar-refractivity contribution is 7.80. The average molecular weight is 219 g/mol. The Morgan fingerprint density at radius 1 is 1.62 bits per heavy atom. The first-order valence-electron chi connectivity index (χ1n) is 4.25. The topological polar surface area (TPSA) is 17.8 Å². The van der Waals surface area contributed by atoms with Gasteiger partial charge in [-0.05, 0) is 18.1 Å². The quantitative estimate of drug-likeness (QED) is 0.773. The van der Waals surface area contributed by atoms with Crippen LogP contribution in [-0.4, -0.2) is 15.5 Å². The summed E-state index contributed by atoms with van der Waals surface area (Å²) >= 11 is 10.2. The van der Waals surface area contributed by atoms with Gasteiger partial charge in [-0.3, -0.25) is 4.68 Å². The lowest BCUT2D eigenvalue weighted by Gasteiger charge is -2.21. The molecule has 0 saturated carbocycles. The van der Waals surface area contributed by atoms with E-state index in [0.29, 0.717) is 0 Å². The molecule has 74 valence electrons. The predicted molar refractivity (Wildman–Crippen MR) is 59.6 cm³/mol. The molecule has 4 heteroatoms. The molecule has 1 heterocycles. The molecule has 0 N–H and O–H groups in total. The summed E-state index contributed by atoms with van der Waals surface area (Å²) in [6.07, 6.45) is 1.86. The fraction of sp³-hybridized carbons (Fsp3) is 0.667. The lowest BCUT2D eigenvalue weighted by Crippen LogP contribution is -2.21. The van der Waals surface area contributed by atoms with Crippen molar-refractivity contribution in [2.75, 3.05) is 5.75 Å². The minimum Gasteiger partial charge on any atom is -0.270 e. The van der Waals surface area contributed by atoms with Crippen LogP contribution in [-0.2, 0) is 6.54 Å². The van der Waals surface area contributed by atoms with Crippen molar-refractivity contribution in [3.63, 3.8) is 0 Å². The van der Waals surface area contributed by atoms with E-state index in [1.165, 1.54) is 0 Å². The number of halogens is 1. The number of nitrogens with zero attached hydrogens (tertiary/aromatic N) is 2. The molecule has 0 radical (unpaired) electrons. The van der Waals surface area contributed by atoms with Crippen molar-refractivity contribution in [1.82, 2.24) is 9.78 Å². The molecule has 2 nitrogen and oxygen atoms in total. The number of aromatic nitrogens is 2. The van der Waals surface area contributed by atoms with Crippen LogP contribution in [0.25, 0.3) is 0 Å². The van der Waals surface area contributed by atoms with Gasteiger partial charge in [0.1, 0.15) is 0 Å². The van der Waals surface area contributed by atoms with Gasteiger partial charge in [-0.1, -0.05) is 25.4 Å². The van der Waals surface area contributed by atoms with Crippen molar-refractivity contribution in [3.05, 3.63) is 16.9 Å². The van der Waals surface area contributed by atoms with Gasteiger partial charge in [-0.2, -0.15) is 17.7 Å². The Labute approximate surface area is 89.7 Å². The van der Waals surface area contributed by atoms with Crippen molar-refractivity contribution in [2.24, 2.45) is 5.41 Å². The molecule has 1 aromatic rings. The third-order valence-electron chi connectivity index (χ3n) is 1.90. The summed E-state index contributed by atoms with van der Waals surface area (Å²) in [4.78, 5) is 0. The number of aryl methyl sites for hydroxylation is 1. The van der Waals surface area contributed by atoms with Gasteiger partial charge in [0.2, 0.25) is 0 Å². The number of thiol groups is 1. The average Bonchev–Trinajstić information content (AvgIpc) is 2.30. The molecule has 0 aliphatic heterocycles. The highest BCUT2D eigenvalue weighted by atomic mass is 35.5. The van der Waals surface area contributed by atoms with Crippen LogP contribution in [0.3, 0.4) is 0 Å². The fourth-order valence-electron chi connectivity index (χ4n) is 1.06. The Hall–Kier alpha value is -0.150. The van der Waals surface area contributed by atoms with Crippen LogP contribution in [0.4, 0.5) is 0 Å². The summed E-state index contributed by atoms with van der Waals surface area (Å²) in [5.41, 5.74) is 1.04. The van der Waals surface area contributed by atoms with Gasteiger partial charge in [-0.25, -0.2) is 0 Å². The molecule has 1 rings (SSSR count). The van der Waals surface area contributed by atoms with Crippen molar-refractivity contribution in [1.29, 1.82) is 0 Å². The first-order valence-corrected chi connectivity index (χ1v) is 5.26. The van der Waals surface area contributed by atoms with Crippen molar-refractivity contribution in [3.8, 4) is 0 Å². The van der Waals surface area contributed by atoms with E-state index in [4.69, 9.17) is 11.6 Å². The van der Waals surface area contributed by atoms with Gasteiger partial charge in [0.15, 0.2) is 0 Å². The van der Waals surface area contributed by atoms with Crippen LogP contribution in [0.15, 0.2) is 6.20 Å². The summed E-state index contributed by atoms with van der Waals surface area (Å²) in [6.45, 7) is 7.08. The van der Waals surface area contributed by atoms with Crippen LogP contribution in [0.2, 0.25) is 5.02 Å². The van der Waals surface area contributed by atoms with Crippen LogP contribution in [0.1, 0.15) is 19.5 Å². The Morgan fingerprint density at radius 2 is 2.23 bits per heavy atom. The number of hydrogen-bond donors (Lipinski definition) is 1. The summed E-state index contributed by atoms with van der Waals surface area (Å²) in [5, 5.41) is 5.03. The van der Waals surface area contributed by atoms with Crippen LogP contribution in [0.5, 0.6) is 0 Å². The molecule has 0 aliphatic rings. The lowest BCUT2D eigenvalue weighted by molar-refractivity contribution is 0.333. The van der Waals surface area contributed by atoms with Crippen LogP contribution >= 0.6 is 24.2 Å². The number of hydrogen-bond acceptors (Lipinski definition) is 2. The van der Waals surface area contributed by atoms with Gasteiger partial charge in [-0.15, -0.1) is 0 Å². The van der Waals surface area contributed by atoms with Gasteiger partial charge < -0.3 is 0 Å². The molecule has 13 heavy (non-hydrogen) atoms. The Bertz CT molecular complexity index is 274. The maximum absolute atomic E-state index is 5.90. The fourth-order valence-corrected chi connectivity index (χ4v) is 1.31. The maximum Gasteiger partial charge on any atom is 0.0814 e. The highest BCUT2D eigenvalue weighted by Crippen LogP contribution is 2.21. The van der Waals surface area contributed by atoms with E-state index in [-0.39, 0.29) is 5.41 Å². The summed E-state index contributed by atoms with van der Waals surface area (Å²) in [6, 6.07) is 0. The van der Waals surface area contributed by atoms with Crippen molar-refractivity contribution in [2.45, 2.75) is 27.3 Å². The zero-order chi connectivity index (χ0) is 10.1. The smallest absolute Gasteiger partial charge is 0.0814 e. The van der Waals surface area contributed by atoms with E-state index in [9.17, 15) is 0 Å². The van der Waals surface area contributed by atoms with Gasteiger partial charge in [0.05, 0.1) is 10.7 Å². The molecular weight excluding hydrogens is 204 g/mol. The Balaban J connectivity index is 2.75. The minimum atomic E-state index is 0.158. The van der Waals surface area contributed by atoms with Crippen molar-refractivity contribution < 1.29 is 0 Å². The zero-order valence-electron chi connectivity index (χ0n) is 8.21.